The van der Waals surface area contributed by atoms with Gasteiger partial charge in [0.2, 0.25) is 0 Å². The zero-order valence-electron chi connectivity index (χ0n) is 11.4. The molecule has 5 nitrogen and oxygen atoms in total. The van der Waals surface area contributed by atoms with Crippen LogP contribution in [0.1, 0.15) is 37.3 Å². The Hall–Kier alpha value is -1.07. The molecular formula is C13H19ClN4O. The van der Waals surface area contributed by atoms with Gasteiger partial charge < -0.3 is 9.30 Å². The molecule has 3 heterocycles. The number of hydrogen-bond acceptors (Lipinski definition) is 3. The molecule has 3 rings (SSSR count). The van der Waals surface area contributed by atoms with Crippen LogP contribution in [0.15, 0.2) is 0 Å². The highest BCUT2D eigenvalue weighted by atomic mass is 35.5. The van der Waals surface area contributed by atoms with E-state index in [4.69, 9.17) is 16.3 Å². The van der Waals surface area contributed by atoms with Crippen LogP contribution in [0.2, 0.25) is 0 Å². The Morgan fingerprint density at radius 3 is 2.95 bits per heavy atom. The number of rotatable bonds is 3. The number of hydrogen-bond donors (Lipinski definition) is 0. The summed E-state index contributed by atoms with van der Waals surface area (Å²) in [6.07, 6.45) is 2.20. The van der Waals surface area contributed by atoms with Gasteiger partial charge >= 0.3 is 0 Å². The summed E-state index contributed by atoms with van der Waals surface area (Å²) >= 11 is 6.07. The maximum Gasteiger partial charge on any atom is 0.159 e. The van der Waals surface area contributed by atoms with Crippen molar-refractivity contribution in [3.8, 4) is 0 Å². The summed E-state index contributed by atoms with van der Waals surface area (Å²) in [5, 5.41) is 4.55. The number of fused-ring (bicyclic) bond motifs is 1. The first-order valence-electron chi connectivity index (χ1n) is 6.84. The van der Waals surface area contributed by atoms with Gasteiger partial charge in [-0.15, -0.1) is 11.6 Å². The lowest BCUT2D eigenvalue weighted by Crippen LogP contribution is -2.23. The summed E-state index contributed by atoms with van der Waals surface area (Å²) in [6, 6.07) is 0.328. The average molecular weight is 283 g/mol. The van der Waals surface area contributed by atoms with Crippen LogP contribution >= 0.6 is 11.6 Å². The quantitative estimate of drug-likeness (QED) is 0.813. The van der Waals surface area contributed by atoms with Gasteiger partial charge in [-0.05, 0) is 26.7 Å². The van der Waals surface area contributed by atoms with E-state index in [9.17, 15) is 0 Å². The standard InChI is InChI=1S/C13H19ClN4O/c1-3-17-13-12(9(2)16-17)15-11(7-14)18(13)10-5-4-6-19-8-10/h10H,3-8H2,1-2H3. The Bertz CT molecular complexity index is 583. The molecule has 0 N–H and O–H groups in total. The lowest BCUT2D eigenvalue weighted by atomic mass is 10.1. The lowest BCUT2D eigenvalue weighted by molar-refractivity contribution is 0.0593. The lowest BCUT2D eigenvalue weighted by Gasteiger charge is -2.25. The number of halogens is 1. The van der Waals surface area contributed by atoms with Crippen molar-refractivity contribution >= 4 is 22.8 Å². The molecule has 1 aliphatic rings. The van der Waals surface area contributed by atoms with Crippen LogP contribution in [0, 0.1) is 6.92 Å². The fraction of sp³-hybridized carbons (Fsp3) is 0.692. The minimum Gasteiger partial charge on any atom is -0.379 e. The molecule has 19 heavy (non-hydrogen) atoms. The molecule has 0 aromatic carbocycles. The third kappa shape index (κ3) is 2.05. The topological polar surface area (TPSA) is 44.9 Å². The smallest absolute Gasteiger partial charge is 0.159 e. The molecule has 104 valence electrons. The van der Waals surface area contributed by atoms with Crippen LogP contribution in [-0.4, -0.2) is 32.5 Å². The summed E-state index contributed by atoms with van der Waals surface area (Å²) in [5.74, 6) is 1.35. The van der Waals surface area contributed by atoms with Gasteiger partial charge in [-0.2, -0.15) is 5.10 Å². The second-order valence-electron chi connectivity index (χ2n) is 4.98. The van der Waals surface area contributed by atoms with E-state index in [0.717, 1.165) is 55.3 Å². The minimum absolute atomic E-state index is 0.328. The largest absolute Gasteiger partial charge is 0.379 e. The van der Waals surface area contributed by atoms with E-state index in [1.54, 1.807) is 0 Å². The summed E-state index contributed by atoms with van der Waals surface area (Å²) < 4.78 is 9.87. The second kappa shape index (κ2) is 5.13. The highest BCUT2D eigenvalue weighted by Crippen LogP contribution is 2.29. The Balaban J connectivity index is 2.18. The molecule has 1 fully saturated rings. The summed E-state index contributed by atoms with van der Waals surface area (Å²) in [5.41, 5.74) is 3.04. The number of ether oxygens (including phenoxy) is 1. The molecule has 2 aromatic rings. The van der Waals surface area contributed by atoms with Crippen molar-refractivity contribution in [1.82, 2.24) is 19.3 Å². The molecule has 0 aliphatic carbocycles. The SMILES string of the molecule is CCn1nc(C)c2nc(CCl)n(C3CCCOC3)c21. The van der Waals surface area contributed by atoms with Gasteiger partial charge in [0.1, 0.15) is 11.3 Å². The van der Waals surface area contributed by atoms with Crippen molar-refractivity contribution in [1.29, 1.82) is 0 Å². The van der Waals surface area contributed by atoms with Gasteiger partial charge in [-0.3, -0.25) is 0 Å². The van der Waals surface area contributed by atoms with Crippen molar-refractivity contribution < 1.29 is 4.74 Å². The maximum atomic E-state index is 6.07. The van der Waals surface area contributed by atoms with Crippen LogP contribution in [-0.2, 0) is 17.2 Å². The van der Waals surface area contributed by atoms with E-state index < -0.39 is 0 Å². The third-order valence-electron chi connectivity index (χ3n) is 3.74. The van der Waals surface area contributed by atoms with Gasteiger partial charge in [-0.1, -0.05) is 0 Å². The van der Waals surface area contributed by atoms with Gasteiger partial charge in [0.05, 0.1) is 24.2 Å². The predicted octanol–water partition coefficient (Wildman–Crippen LogP) is 2.65. The molecule has 1 saturated heterocycles. The molecule has 1 atom stereocenters. The molecule has 6 heteroatoms. The van der Waals surface area contributed by atoms with E-state index in [1.807, 2.05) is 11.6 Å². The van der Waals surface area contributed by atoms with Crippen molar-refractivity contribution in [2.24, 2.45) is 0 Å². The third-order valence-corrected chi connectivity index (χ3v) is 3.98. The first kappa shape index (κ1) is 12.9. The van der Waals surface area contributed by atoms with Gasteiger partial charge in [-0.25, -0.2) is 9.67 Å². The molecule has 0 spiro atoms. The zero-order valence-corrected chi connectivity index (χ0v) is 12.2. The fourth-order valence-electron chi connectivity index (χ4n) is 2.86. The van der Waals surface area contributed by atoms with Gasteiger partial charge in [0, 0.05) is 13.2 Å². The van der Waals surface area contributed by atoms with Crippen molar-refractivity contribution in [2.75, 3.05) is 13.2 Å². The Morgan fingerprint density at radius 1 is 1.47 bits per heavy atom. The summed E-state index contributed by atoms with van der Waals surface area (Å²) in [4.78, 5) is 4.67. The average Bonchev–Trinajstić information content (AvgIpc) is 2.97. The van der Waals surface area contributed by atoms with Crippen LogP contribution < -0.4 is 0 Å². The summed E-state index contributed by atoms with van der Waals surface area (Å²) in [6.45, 7) is 6.54. The number of aromatic nitrogens is 4. The van der Waals surface area contributed by atoms with Crippen LogP contribution in [0.5, 0.6) is 0 Å². The molecule has 0 bridgehead atoms. The van der Waals surface area contributed by atoms with Crippen LogP contribution in [0.25, 0.3) is 11.2 Å². The monoisotopic (exact) mass is 282 g/mol. The molecule has 1 aliphatic heterocycles. The second-order valence-corrected chi connectivity index (χ2v) is 5.24. The van der Waals surface area contributed by atoms with E-state index >= 15 is 0 Å². The van der Waals surface area contributed by atoms with Crippen molar-refractivity contribution in [3.05, 3.63) is 11.5 Å². The highest BCUT2D eigenvalue weighted by molar-refractivity contribution is 6.16. The first-order chi connectivity index (χ1) is 9.26. The Morgan fingerprint density at radius 2 is 2.32 bits per heavy atom. The van der Waals surface area contributed by atoms with Crippen molar-refractivity contribution in [3.63, 3.8) is 0 Å². The van der Waals surface area contributed by atoms with Crippen molar-refractivity contribution in [2.45, 2.75) is 45.2 Å². The fourth-order valence-corrected chi connectivity index (χ4v) is 3.05. The number of nitrogens with zero attached hydrogens (tertiary/aromatic N) is 4. The van der Waals surface area contributed by atoms with Gasteiger partial charge in [0.25, 0.3) is 0 Å². The number of aryl methyl sites for hydroxylation is 2. The number of alkyl halides is 1. The predicted molar refractivity (Wildman–Crippen MR) is 74.6 cm³/mol. The molecule has 2 aromatic heterocycles. The minimum atomic E-state index is 0.328. The molecule has 1 unspecified atom stereocenters. The maximum absolute atomic E-state index is 6.07. The van der Waals surface area contributed by atoms with Crippen LogP contribution in [0.3, 0.4) is 0 Å². The van der Waals surface area contributed by atoms with E-state index in [1.165, 1.54) is 0 Å². The Labute approximate surface area is 117 Å². The number of imidazole rings is 1. The van der Waals surface area contributed by atoms with Gasteiger partial charge in [0.15, 0.2) is 5.65 Å². The zero-order chi connectivity index (χ0) is 13.4. The van der Waals surface area contributed by atoms with E-state index in [0.29, 0.717) is 11.9 Å². The van der Waals surface area contributed by atoms with E-state index in [2.05, 4.69) is 21.6 Å². The molecular weight excluding hydrogens is 264 g/mol. The van der Waals surface area contributed by atoms with Crippen LogP contribution in [0.4, 0.5) is 0 Å². The molecule has 0 amide bonds. The molecule has 0 radical (unpaired) electrons. The molecule has 0 saturated carbocycles. The van der Waals surface area contributed by atoms with E-state index in [-0.39, 0.29) is 0 Å². The normalized spacial score (nSPS) is 20.3. The Kier molecular flexibility index (Phi) is 3.50. The highest BCUT2D eigenvalue weighted by Gasteiger charge is 2.25. The first-order valence-corrected chi connectivity index (χ1v) is 7.37. The summed E-state index contributed by atoms with van der Waals surface area (Å²) in [7, 11) is 0.